The van der Waals surface area contributed by atoms with Gasteiger partial charge >= 0.3 is 0 Å². The van der Waals surface area contributed by atoms with E-state index < -0.39 is 6.10 Å². The summed E-state index contributed by atoms with van der Waals surface area (Å²) >= 11 is 0. The van der Waals surface area contributed by atoms with Crippen molar-refractivity contribution in [3.05, 3.63) is 59.7 Å². The average Bonchev–Trinajstić information content (AvgIpc) is 3.11. The smallest absolute Gasteiger partial charge is 0.223 e. The molecule has 4 rings (SSSR count). The van der Waals surface area contributed by atoms with Gasteiger partial charge in [-0.1, -0.05) is 30.3 Å². The van der Waals surface area contributed by atoms with Gasteiger partial charge in [0.15, 0.2) is 0 Å². The minimum absolute atomic E-state index is 0.0485. The molecular formula is C24H30N2O4. The number of ether oxygens (including phenoxy) is 2. The highest BCUT2D eigenvalue weighted by atomic mass is 16.6. The molecule has 2 aromatic rings. The summed E-state index contributed by atoms with van der Waals surface area (Å²) in [6, 6.07) is 16.0. The number of fused-ring (bicyclic) bond motifs is 3. The summed E-state index contributed by atoms with van der Waals surface area (Å²) in [6.07, 6.45) is 0.0369. The van der Waals surface area contributed by atoms with Crippen LogP contribution in [0.2, 0.25) is 0 Å². The number of carbonyl (C=O) groups is 1. The highest BCUT2D eigenvalue weighted by Crippen LogP contribution is 2.47. The number of nitrogens with zero attached hydrogens (tertiary/aromatic N) is 1. The standard InChI is InChI=1S/C24H30N2O4/c1-15(16-7-5-4-6-8-16)25-23(28)13-18-12-20-19-11-17(26(2)3)9-10-21(19)30-24(20)22(14-27)29-18/h4-11,15,18,20,22,24,27H,12-14H2,1-3H3,(H,25,28)/t15-,18-,20-,22+,24+/m0/s1. The first-order valence-corrected chi connectivity index (χ1v) is 10.5. The van der Waals surface area contributed by atoms with Crippen LogP contribution in [0.5, 0.6) is 5.75 Å². The first kappa shape index (κ1) is 20.7. The summed E-state index contributed by atoms with van der Waals surface area (Å²) in [5, 5.41) is 13.0. The molecule has 0 radical (unpaired) electrons. The zero-order chi connectivity index (χ0) is 21.3. The van der Waals surface area contributed by atoms with Crippen LogP contribution in [0.1, 0.15) is 42.9 Å². The van der Waals surface area contributed by atoms with Crippen molar-refractivity contribution in [1.82, 2.24) is 5.32 Å². The second kappa shape index (κ2) is 8.66. The second-order valence-corrected chi connectivity index (χ2v) is 8.42. The second-order valence-electron chi connectivity index (χ2n) is 8.42. The van der Waals surface area contributed by atoms with Crippen molar-refractivity contribution in [2.24, 2.45) is 0 Å². The first-order chi connectivity index (χ1) is 14.5. The molecule has 6 heteroatoms. The molecule has 6 nitrogen and oxygen atoms in total. The van der Waals surface area contributed by atoms with Gasteiger partial charge in [0.25, 0.3) is 0 Å². The van der Waals surface area contributed by atoms with Crippen molar-refractivity contribution in [2.45, 2.75) is 50.0 Å². The normalized spacial score (nSPS) is 25.6. The highest BCUT2D eigenvalue weighted by molar-refractivity contribution is 5.77. The van der Waals surface area contributed by atoms with Crippen molar-refractivity contribution in [3.63, 3.8) is 0 Å². The Morgan fingerprint density at radius 3 is 2.70 bits per heavy atom. The molecule has 30 heavy (non-hydrogen) atoms. The molecule has 1 amide bonds. The molecule has 2 heterocycles. The van der Waals surface area contributed by atoms with Crippen LogP contribution in [0.3, 0.4) is 0 Å². The third-order valence-electron chi connectivity index (χ3n) is 6.09. The van der Waals surface area contributed by atoms with E-state index in [2.05, 4.69) is 16.3 Å². The summed E-state index contributed by atoms with van der Waals surface area (Å²) in [4.78, 5) is 14.7. The Balaban J connectivity index is 1.45. The SMILES string of the molecule is C[C@H](NC(=O)C[C@@H]1C[C@H]2c3cc(N(C)C)ccc3O[C@H]2[C@@H](CO)O1)c1ccccc1. The lowest BCUT2D eigenvalue weighted by atomic mass is 9.84. The van der Waals surface area contributed by atoms with Crippen molar-refractivity contribution in [3.8, 4) is 5.75 Å². The number of aliphatic hydroxyl groups excluding tert-OH is 1. The predicted molar refractivity (Wildman–Crippen MR) is 116 cm³/mol. The van der Waals surface area contributed by atoms with Crippen molar-refractivity contribution in [1.29, 1.82) is 0 Å². The maximum Gasteiger partial charge on any atom is 0.223 e. The molecule has 0 spiro atoms. The van der Waals surface area contributed by atoms with Crippen LogP contribution in [0, 0.1) is 0 Å². The van der Waals surface area contributed by atoms with E-state index in [0.29, 0.717) is 6.42 Å². The van der Waals surface area contributed by atoms with E-state index in [4.69, 9.17) is 9.47 Å². The van der Waals surface area contributed by atoms with Crippen LogP contribution in [-0.2, 0) is 9.53 Å². The average molecular weight is 411 g/mol. The number of carbonyl (C=O) groups excluding carboxylic acids is 1. The Hall–Kier alpha value is -2.57. The quantitative estimate of drug-likeness (QED) is 0.766. The van der Waals surface area contributed by atoms with E-state index >= 15 is 0 Å². The van der Waals surface area contributed by atoms with E-state index in [-0.39, 0.29) is 43.1 Å². The fourth-order valence-electron chi connectivity index (χ4n) is 4.49. The number of anilines is 1. The number of aliphatic hydroxyl groups is 1. The summed E-state index contributed by atoms with van der Waals surface area (Å²) in [6.45, 7) is 1.85. The van der Waals surface area contributed by atoms with Crippen molar-refractivity contribution >= 4 is 11.6 Å². The zero-order valence-corrected chi connectivity index (χ0v) is 17.7. The van der Waals surface area contributed by atoms with Crippen LogP contribution in [0.4, 0.5) is 5.69 Å². The number of amides is 1. The number of nitrogens with one attached hydrogen (secondary N) is 1. The van der Waals surface area contributed by atoms with E-state index in [1.54, 1.807) is 0 Å². The number of rotatable bonds is 6. The topological polar surface area (TPSA) is 71.0 Å². The molecular weight excluding hydrogens is 380 g/mol. The molecule has 0 aliphatic carbocycles. The Bertz CT molecular complexity index is 886. The summed E-state index contributed by atoms with van der Waals surface area (Å²) < 4.78 is 12.2. The van der Waals surface area contributed by atoms with Gasteiger partial charge in [-0.25, -0.2) is 0 Å². The van der Waals surface area contributed by atoms with Gasteiger partial charge in [0.05, 0.1) is 25.2 Å². The van der Waals surface area contributed by atoms with Gasteiger partial charge in [0.1, 0.15) is 18.0 Å². The molecule has 1 saturated heterocycles. The summed E-state index contributed by atoms with van der Waals surface area (Å²) in [7, 11) is 4.02. The molecule has 2 aromatic carbocycles. The molecule has 0 saturated carbocycles. The lowest BCUT2D eigenvalue weighted by molar-refractivity contribution is -0.142. The number of benzene rings is 2. The Labute approximate surface area is 177 Å². The molecule has 1 fully saturated rings. The summed E-state index contributed by atoms with van der Waals surface area (Å²) in [5.74, 6) is 0.906. The molecule has 5 atom stereocenters. The Kier molecular flexibility index (Phi) is 5.97. The lowest BCUT2D eigenvalue weighted by Crippen LogP contribution is -2.47. The molecule has 0 bridgehead atoms. The summed E-state index contributed by atoms with van der Waals surface area (Å²) in [5.41, 5.74) is 3.31. The first-order valence-electron chi connectivity index (χ1n) is 10.5. The largest absolute Gasteiger partial charge is 0.487 e. The van der Waals surface area contributed by atoms with Crippen LogP contribution in [-0.4, -0.2) is 50.0 Å². The van der Waals surface area contributed by atoms with Crippen molar-refractivity contribution in [2.75, 3.05) is 25.6 Å². The van der Waals surface area contributed by atoms with Gasteiger partial charge in [0.2, 0.25) is 5.91 Å². The van der Waals surface area contributed by atoms with Gasteiger partial charge in [0, 0.05) is 31.3 Å². The third kappa shape index (κ3) is 4.16. The number of hydrogen-bond acceptors (Lipinski definition) is 5. The Morgan fingerprint density at radius 2 is 2.00 bits per heavy atom. The molecule has 2 aliphatic rings. The van der Waals surface area contributed by atoms with Crippen LogP contribution < -0.4 is 15.0 Å². The van der Waals surface area contributed by atoms with Gasteiger partial charge < -0.3 is 24.8 Å². The lowest BCUT2D eigenvalue weighted by Gasteiger charge is -2.37. The maximum atomic E-state index is 12.7. The zero-order valence-electron chi connectivity index (χ0n) is 17.7. The van der Waals surface area contributed by atoms with Gasteiger partial charge in [-0.2, -0.15) is 0 Å². The molecule has 2 N–H and O–H groups in total. The molecule has 0 aromatic heterocycles. The molecule has 160 valence electrons. The fourth-order valence-corrected chi connectivity index (χ4v) is 4.49. The monoisotopic (exact) mass is 410 g/mol. The van der Waals surface area contributed by atoms with Crippen LogP contribution >= 0.6 is 0 Å². The van der Waals surface area contributed by atoms with Crippen molar-refractivity contribution < 1.29 is 19.4 Å². The number of hydrogen-bond donors (Lipinski definition) is 2. The van der Waals surface area contributed by atoms with Gasteiger partial charge in [-0.3, -0.25) is 4.79 Å². The molecule has 2 aliphatic heterocycles. The van der Waals surface area contributed by atoms with Crippen LogP contribution in [0.25, 0.3) is 0 Å². The van der Waals surface area contributed by atoms with E-state index in [9.17, 15) is 9.90 Å². The Morgan fingerprint density at radius 1 is 1.23 bits per heavy atom. The van der Waals surface area contributed by atoms with Gasteiger partial charge in [-0.15, -0.1) is 0 Å². The van der Waals surface area contributed by atoms with E-state index in [1.165, 1.54) is 0 Å². The van der Waals surface area contributed by atoms with Crippen LogP contribution in [0.15, 0.2) is 48.5 Å². The minimum atomic E-state index is -0.441. The maximum absolute atomic E-state index is 12.7. The van der Waals surface area contributed by atoms with E-state index in [1.807, 2.05) is 63.5 Å². The third-order valence-corrected chi connectivity index (χ3v) is 6.09. The van der Waals surface area contributed by atoms with E-state index in [0.717, 1.165) is 22.6 Å². The fraction of sp³-hybridized carbons (Fsp3) is 0.458. The predicted octanol–water partition coefficient (Wildman–Crippen LogP) is 3.01. The molecule has 0 unspecified atom stereocenters. The van der Waals surface area contributed by atoms with Gasteiger partial charge in [-0.05, 0) is 37.1 Å². The minimum Gasteiger partial charge on any atom is -0.487 e. The highest BCUT2D eigenvalue weighted by Gasteiger charge is 2.46.